The minimum absolute atomic E-state index is 0.0401. The van der Waals surface area contributed by atoms with E-state index in [4.69, 9.17) is 0 Å². The van der Waals surface area contributed by atoms with Gasteiger partial charge in [-0.05, 0) is 36.8 Å². The maximum absolute atomic E-state index is 13.3. The number of rotatable bonds is 6. The molecule has 7 nitrogen and oxygen atoms in total. The van der Waals surface area contributed by atoms with Crippen LogP contribution in [0.2, 0.25) is 0 Å². The molecule has 0 spiro atoms. The summed E-state index contributed by atoms with van der Waals surface area (Å²) in [5.74, 6) is -1.56. The van der Waals surface area contributed by atoms with Crippen LogP contribution in [0.1, 0.15) is 19.4 Å². The Bertz CT molecular complexity index is 1170. The first-order valence-corrected chi connectivity index (χ1v) is 9.79. The Morgan fingerprint density at radius 3 is 2.39 bits per heavy atom. The van der Waals surface area contributed by atoms with E-state index >= 15 is 0 Å². The summed E-state index contributed by atoms with van der Waals surface area (Å²) in [6, 6.07) is 14.6. The van der Waals surface area contributed by atoms with E-state index in [1.165, 1.54) is 24.3 Å². The Kier molecular flexibility index (Phi) is 6.59. The number of carbonyl (C=O) groups is 2. The van der Waals surface area contributed by atoms with Crippen LogP contribution in [-0.2, 0) is 16.1 Å². The van der Waals surface area contributed by atoms with Crippen molar-refractivity contribution in [2.45, 2.75) is 27.3 Å². The van der Waals surface area contributed by atoms with Gasteiger partial charge in [0.1, 0.15) is 18.0 Å². The third-order valence-corrected chi connectivity index (χ3v) is 4.58. The number of nitrogens with one attached hydrogen (secondary N) is 2. The van der Waals surface area contributed by atoms with E-state index in [-0.39, 0.29) is 24.1 Å². The number of anilines is 2. The van der Waals surface area contributed by atoms with Crippen molar-refractivity contribution in [1.29, 1.82) is 0 Å². The van der Waals surface area contributed by atoms with Crippen molar-refractivity contribution in [3.63, 3.8) is 0 Å². The molecule has 0 fully saturated rings. The first kappa shape index (κ1) is 21.9. The fourth-order valence-corrected chi connectivity index (χ4v) is 2.86. The molecular formula is C23H23FN4O3. The maximum Gasteiger partial charge on any atom is 0.291 e. The summed E-state index contributed by atoms with van der Waals surface area (Å²) in [6.07, 6.45) is 0. The quantitative estimate of drug-likeness (QED) is 0.635. The monoisotopic (exact) mass is 422 g/mol. The predicted octanol–water partition coefficient (Wildman–Crippen LogP) is 3.59. The van der Waals surface area contributed by atoms with Crippen LogP contribution in [0.3, 0.4) is 0 Å². The largest absolute Gasteiger partial charge is 0.324 e. The van der Waals surface area contributed by atoms with Crippen LogP contribution < -0.4 is 16.2 Å². The summed E-state index contributed by atoms with van der Waals surface area (Å²) in [5.41, 5.74) is 1.60. The van der Waals surface area contributed by atoms with Gasteiger partial charge in [-0.15, -0.1) is 0 Å². The highest BCUT2D eigenvalue weighted by atomic mass is 19.1. The molecule has 0 aliphatic carbocycles. The van der Waals surface area contributed by atoms with Crippen LogP contribution in [-0.4, -0.2) is 21.6 Å². The number of carbonyl (C=O) groups excluding carboxylic acids is 2. The number of hydrogen-bond donors (Lipinski definition) is 2. The Morgan fingerprint density at radius 1 is 1.03 bits per heavy atom. The number of halogens is 1. The van der Waals surface area contributed by atoms with Gasteiger partial charge in [-0.1, -0.05) is 44.2 Å². The van der Waals surface area contributed by atoms with Crippen LogP contribution in [0.5, 0.6) is 0 Å². The summed E-state index contributed by atoms with van der Waals surface area (Å²) in [5, 5.41) is 9.58. The van der Waals surface area contributed by atoms with E-state index < -0.39 is 17.3 Å². The Hall–Kier alpha value is -3.81. The average Bonchev–Trinajstić information content (AvgIpc) is 2.73. The predicted molar refractivity (Wildman–Crippen MR) is 117 cm³/mol. The van der Waals surface area contributed by atoms with E-state index in [0.29, 0.717) is 16.9 Å². The number of aromatic nitrogens is 2. The summed E-state index contributed by atoms with van der Waals surface area (Å²) in [7, 11) is 0. The third kappa shape index (κ3) is 5.42. The molecule has 31 heavy (non-hydrogen) atoms. The zero-order chi connectivity index (χ0) is 22.5. The minimum atomic E-state index is -0.598. The molecule has 1 heterocycles. The fraction of sp³-hybridized carbons (Fsp3) is 0.217. The molecule has 160 valence electrons. The number of benzene rings is 2. The van der Waals surface area contributed by atoms with E-state index in [1.54, 1.807) is 20.8 Å². The minimum Gasteiger partial charge on any atom is -0.324 e. The molecular weight excluding hydrogens is 399 g/mol. The first-order chi connectivity index (χ1) is 14.7. The van der Waals surface area contributed by atoms with Crippen molar-refractivity contribution in [2.75, 3.05) is 10.6 Å². The van der Waals surface area contributed by atoms with Crippen LogP contribution in [0.25, 0.3) is 11.3 Å². The SMILES string of the molecule is Cc1cc(F)ccc1NC(=O)Cn1nc(-c2ccccc2)cc(NC(=O)C(C)C)c1=O. The van der Waals surface area contributed by atoms with Crippen LogP contribution in [0.15, 0.2) is 59.4 Å². The van der Waals surface area contributed by atoms with Crippen molar-refractivity contribution in [3.8, 4) is 11.3 Å². The lowest BCUT2D eigenvalue weighted by atomic mass is 10.1. The van der Waals surface area contributed by atoms with Gasteiger partial charge in [0, 0.05) is 17.2 Å². The highest BCUT2D eigenvalue weighted by molar-refractivity contribution is 5.93. The lowest BCUT2D eigenvalue weighted by Gasteiger charge is -2.13. The van der Waals surface area contributed by atoms with Gasteiger partial charge in [0.15, 0.2) is 0 Å². The molecule has 3 rings (SSSR count). The lowest BCUT2D eigenvalue weighted by molar-refractivity contribution is -0.119. The molecule has 2 N–H and O–H groups in total. The topological polar surface area (TPSA) is 93.1 Å². The molecule has 0 saturated heterocycles. The van der Waals surface area contributed by atoms with Gasteiger partial charge in [0.05, 0.1) is 5.69 Å². The van der Waals surface area contributed by atoms with Gasteiger partial charge in [0.25, 0.3) is 5.56 Å². The Labute approximate surface area is 178 Å². The second-order valence-corrected chi connectivity index (χ2v) is 7.42. The van der Waals surface area contributed by atoms with Crippen molar-refractivity contribution in [3.05, 3.63) is 76.3 Å². The third-order valence-electron chi connectivity index (χ3n) is 4.58. The number of amides is 2. The van der Waals surface area contributed by atoms with E-state index in [0.717, 1.165) is 10.2 Å². The van der Waals surface area contributed by atoms with Crippen LogP contribution in [0, 0.1) is 18.7 Å². The normalized spacial score (nSPS) is 10.7. The van der Waals surface area contributed by atoms with Gasteiger partial charge in [-0.25, -0.2) is 9.07 Å². The van der Waals surface area contributed by atoms with Crippen molar-refractivity contribution in [2.24, 2.45) is 5.92 Å². The Balaban J connectivity index is 1.94. The summed E-state index contributed by atoms with van der Waals surface area (Å²) < 4.78 is 14.3. The van der Waals surface area contributed by atoms with E-state index in [1.807, 2.05) is 30.3 Å². The van der Waals surface area contributed by atoms with Gasteiger partial charge < -0.3 is 10.6 Å². The molecule has 0 unspecified atom stereocenters. The number of aryl methyl sites for hydroxylation is 1. The Morgan fingerprint density at radius 2 is 1.74 bits per heavy atom. The number of nitrogens with zero attached hydrogens (tertiary/aromatic N) is 2. The molecule has 0 aliphatic heterocycles. The lowest BCUT2D eigenvalue weighted by Crippen LogP contribution is -2.33. The molecule has 0 atom stereocenters. The second-order valence-electron chi connectivity index (χ2n) is 7.42. The van der Waals surface area contributed by atoms with Gasteiger partial charge in [0.2, 0.25) is 11.8 Å². The maximum atomic E-state index is 13.3. The summed E-state index contributed by atoms with van der Waals surface area (Å²) in [4.78, 5) is 37.6. The van der Waals surface area contributed by atoms with Crippen molar-refractivity contribution in [1.82, 2.24) is 9.78 Å². The standard InChI is InChI=1S/C23H23FN4O3/c1-14(2)22(30)26-20-12-19(16-7-5-4-6-8-16)27-28(23(20)31)13-21(29)25-18-10-9-17(24)11-15(18)3/h4-12,14H,13H2,1-3H3,(H,25,29)(H,26,30). The molecule has 0 saturated carbocycles. The molecule has 1 aromatic heterocycles. The molecule has 2 amide bonds. The summed E-state index contributed by atoms with van der Waals surface area (Å²) >= 11 is 0. The van der Waals surface area contributed by atoms with Crippen molar-refractivity contribution >= 4 is 23.2 Å². The molecule has 2 aromatic carbocycles. The van der Waals surface area contributed by atoms with Gasteiger partial charge in [-0.2, -0.15) is 5.10 Å². The molecule has 3 aromatic rings. The van der Waals surface area contributed by atoms with E-state index in [9.17, 15) is 18.8 Å². The van der Waals surface area contributed by atoms with Gasteiger partial charge >= 0.3 is 0 Å². The fourth-order valence-electron chi connectivity index (χ4n) is 2.86. The van der Waals surface area contributed by atoms with Crippen LogP contribution >= 0.6 is 0 Å². The van der Waals surface area contributed by atoms with Crippen LogP contribution in [0.4, 0.5) is 15.8 Å². The van der Waals surface area contributed by atoms with Gasteiger partial charge in [-0.3, -0.25) is 14.4 Å². The molecule has 0 radical (unpaired) electrons. The smallest absolute Gasteiger partial charge is 0.291 e. The number of hydrogen-bond acceptors (Lipinski definition) is 4. The molecule has 0 aliphatic rings. The first-order valence-electron chi connectivity index (χ1n) is 9.79. The van der Waals surface area contributed by atoms with E-state index in [2.05, 4.69) is 15.7 Å². The molecule has 0 bridgehead atoms. The molecule has 8 heteroatoms. The zero-order valence-corrected chi connectivity index (χ0v) is 17.5. The second kappa shape index (κ2) is 9.34. The zero-order valence-electron chi connectivity index (χ0n) is 17.5. The average molecular weight is 422 g/mol. The summed E-state index contributed by atoms with van der Waals surface area (Å²) in [6.45, 7) is 4.72. The highest BCUT2D eigenvalue weighted by Crippen LogP contribution is 2.19. The highest BCUT2D eigenvalue weighted by Gasteiger charge is 2.16. The van der Waals surface area contributed by atoms with Crippen molar-refractivity contribution < 1.29 is 14.0 Å².